The maximum atomic E-state index is 5.47. The average molecular weight is 317 g/mol. The van der Waals surface area contributed by atoms with E-state index in [0.717, 1.165) is 11.1 Å². The van der Waals surface area contributed by atoms with Gasteiger partial charge in [-0.15, -0.1) is 0 Å². The molecular formula is C17H19NO3S. The van der Waals surface area contributed by atoms with Crippen LogP contribution < -0.4 is 19.5 Å². The zero-order valence-corrected chi connectivity index (χ0v) is 13.7. The molecule has 4 nitrogen and oxygen atoms in total. The molecule has 0 aliphatic heterocycles. The fourth-order valence-electron chi connectivity index (χ4n) is 2.08. The molecular weight excluding hydrogens is 298 g/mol. The summed E-state index contributed by atoms with van der Waals surface area (Å²) in [5, 5.41) is 3.23. The second kappa shape index (κ2) is 7.66. The summed E-state index contributed by atoms with van der Waals surface area (Å²) < 4.78 is 16.0. The van der Waals surface area contributed by atoms with Gasteiger partial charge in [0.25, 0.3) is 0 Å². The molecule has 0 amide bonds. The predicted octanol–water partition coefficient (Wildman–Crippen LogP) is 3.18. The second-order valence-electron chi connectivity index (χ2n) is 4.58. The van der Waals surface area contributed by atoms with Crippen molar-refractivity contribution in [2.45, 2.75) is 6.54 Å². The molecule has 0 bridgehead atoms. The quantitative estimate of drug-likeness (QED) is 0.829. The standard InChI is InChI=1S/C17H19NO3S/c1-19-14-10-16(21-3)15(20-2)9-13(14)17(22)18-11-12-7-5-4-6-8-12/h4-10H,11H2,1-3H3,(H,18,22). The summed E-state index contributed by atoms with van der Waals surface area (Å²) in [6.07, 6.45) is 0. The van der Waals surface area contributed by atoms with E-state index in [9.17, 15) is 0 Å². The van der Waals surface area contributed by atoms with E-state index in [4.69, 9.17) is 26.4 Å². The van der Waals surface area contributed by atoms with E-state index in [-0.39, 0.29) is 0 Å². The van der Waals surface area contributed by atoms with E-state index in [1.165, 1.54) is 0 Å². The first kappa shape index (κ1) is 16.1. The zero-order chi connectivity index (χ0) is 15.9. The van der Waals surface area contributed by atoms with Crippen molar-refractivity contribution in [3.63, 3.8) is 0 Å². The Balaban J connectivity index is 2.21. The number of thiocarbonyl (C=S) groups is 1. The average Bonchev–Trinajstić information content (AvgIpc) is 2.59. The summed E-state index contributed by atoms with van der Waals surface area (Å²) in [5.74, 6) is 1.86. The van der Waals surface area contributed by atoms with E-state index in [2.05, 4.69) is 5.32 Å². The van der Waals surface area contributed by atoms with Gasteiger partial charge in [0.05, 0.1) is 26.9 Å². The lowest BCUT2D eigenvalue weighted by atomic mass is 10.1. The van der Waals surface area contributed by atoms with Gasteiger partial charge in [0.15, 0.2) is 11.5 Å². The minimum Gasteiger partial charge on any atom is -0.496 e. The van der Waals surface area contributed by atoms with Crippen LogP contribution in [0.4, 0.5) is 0 Å². The van der Waals surface area contributed by atoms with Crippen LogP contribution in [0.25, 0.3) is 0 Å². The lowest BCUT2D eigenvalue weighted by molar-refractivity contribution is 0.348. The van der Waals surface area contributed by atoms with E-state index in [1.807, 2.05) is 36.4 Å². The molecule has 0 atom stereocenters. The maximum absolute atomic E-state index is 5.47. The van der Waals surface area contributed by atoms with Crippen LogP contribution in [-0.2, 0) is 6.54 Å². The second-order valence-corrected chi connectivity index (χ2v) is 4.98. The van der Waals surface area contributed by atoms with E-state index >= 15 is 0 Å². The third-order valence-electron chi connectivity index (χ3n) is 3.25. The van der Waals surface area contributed by atoms with Crippen LogP contribution in [-0.4, -0.2) is 26.3 Å². The lowest BCUT2D eigenvalue weighted by Crippen LogP contribution is -2.22. The number of methoxy groups -OCH3 is 3. The van der Waals surface area contributed by atoms with Crippen LogP contribution in [0.5, 0.6) is 17.2 Å². The van der Waals surface area contributed by atoms with Crippen LogP contribution in [0.15, 0.2) is 42.5 Å². The van der Waals surface area contributed by atoms with Crippen LogP contribution in [0.1, 0.15) is 11.1 Å². The first-order valence-electron chi connectivity index (χ1n) is 6.81. The molecule has 0 radical (unpaired) electrons. The molecule has 0 fully saturated rings. The lowest BCUT2D eigenvalue weighted by Gasteiger charge is -2.15. The highest BCUT2D eigenvalue weighted by molar-refractivity contribution is 7.80. The summed E-state index contributed by atoms with van der Waals surface area (Å²) >= 11 is 5.47. The van der Waals surface area contributed by atoms with Crippen molar-refractivity contribution in [3.8, 4) is 17.2 Å². The van der Waals surface area contributed by atoms with Crippen molar-refractivity contribution in [1.29, 1.82) is 0 Å². The fraction of sp³-hybridized carbons (Fsp3) is 0.235. The summed E-state index contributed by atoms with van der Waals surface area (Å²) in [6, 6.07) is 13.7. The third-order valence-corrected chi connectivity index (χ3v) is 3.61. The molecule has 0 saturated heterocycles. The molecule has 116 valence electrons. The van der Waals surface area contributed by atoms with Gasteiger partial charge in [-0.25, -0.2) is 0 Å². The predicted molar refractivity (Wildman–Crippen MR) is 91.1 cm³/mol. The Labute approximate surface area is 136 Å². The monoisotopic (exact) mass is 317 g/mol. The minimum atomic E-state index is 0.599. The summed E-state index contributed by atoms with van der Waals surface area (Å²) in [4.78, 5) is 0.599. The van der Waals surface area contributed by atoms with Crippen LogP contribution >= 0.6 is 12.2 Å². The van der Waals surface area contributed by atoms with E-state index < -0.39 is 0 Å². The van der Waals surface area contributed by atoms with Gasteiger partial charge < -0.3 is 19.5 Å². The first-order valence-corrected chi connectivity index (χ1v) is 7.22. The molecule has 5 heteroatoms. The molecule has 0 aliphatic rings. The zero-order valence-electron chi connectivity index (χ0n) is 12.9. The van der Waals surface area contributed by atoms with Gasteiger partial charge in [0.1, 0.15) is 10.7 Å². The van der Waals surface area contributed by atoms with Crippen LogP contribution in [0.3, 0.4) is 0 Å². The SMILES string of the molecule is COc1cc(OC)c(C(=S)NCc2ccccc2)cc1OC. The number of ether oxygens (including phenoxy) is 3. The van der Waals surface area contributed by atoms with Crippen molar-refractivity contribution in [2.75, 3.05) is 21.3 Å². The Kier molecular flexibility index (Phi) is 5.61. The third kappa shape index (κ3) is 3.68. The molecule has 2 aromatic carbocycles. The summed E-state index contributed by atoms with van der Waals surface area (Å²) in [6.45, 7) is 0.650. The highest BCUT2D eigenvalue weighted by Crippen LogP contribution is 2.34. The highest BCUT2D eigenvalue weighted by Gasteiger charge is 2.15. The molecule has 2 rings (SSSR count). The van der Waals surface area contributed by atoms with Crippen LogP contribution in [0, 0.1) is 0 Å². The normalized spacial score (nSPS) is 9.95. The molecule has 0 saturated carbocycles. The number of benzene rings is 2. The highest BCUT2D eigenvalue weighted by atomic mass is 32.1. The molecule has 0 spiro atoms. The number of hydrogen-bond acceptors (Lipinski definition) is 4. The molecule has 1 N–H and O–H groups in total. The van der Waals surface area contributed by atoms with Gasteiger partial charge in [0, 0.05) is 12.6 Å². The molecule has 22 heavy (non-hydrogen) atoms. The van der Waals surface area contributed by atoms with Crippen molar-refractivity contribution in [2.24, 2.45) is 0 Å². The van der Waals surface area contributed by atoms with Gasteiger partial charge in [0.2, 0.25) is 0 Å². The van der Waals surface area contributed by atoms with Crippen molar-refractivity contribution in [3.05, 3.63) is 53.6 Å². The first-order chi connectivity index (χ1) is 10.7. The largest absolute Gasteiger partial charge is 0.496 e. The van der Waals surface area contributed by atoms with Gasteiger partial charge >= 0.3 is 0 Å². The number of rotatable bonds is 6. The Hall–Kier alpha value is -2.27. The topological polar surface area (TPSA) is 39.7 Å². The Morgan fingerprint density at radius 2 is 1.50 bits per heavy atom. The maximum Gasteiger partial charge on any atom is 0.164 e. The Morgan fingerprint density at radius 1 is 0.909 bits per heavy atom. The number of nitrogens with one attached hydrogen (secondary N) is 1. The van der Waals surface area contributed by atoms with Gasteiger partial charge in [-0.1, -0.05) is 42.5 Å². The van der Waals surface area contributed by atoms with E-state index in [1.54, 1.807) is 27.4 Å². The van der Waals surface area contributed by atoms with E-state index in [0.29, 0.717) is 28.8 Å². The molecule has 0 aliphatic carbocycles. The Bertz CT molecular complexity index is 644. The molecule has 0 heterocycles. The summed E-state index contributed by atoms with van der Waals surface area (Å²) in [7, 11) is 4.78. The van der Waals surface area contributed by atoms with Gasteiger partial charge in [-0.3, -0.25) is 0 Å². The fourth-order valence-corrected chi connectivity index (χ4v) is 2.31. The van der Waals surface area contributed by atoms with Gasteiger partial charge in [-0.2, -0.15) is 0 Å². The Morgan fingerprint density at radius 3 is 2.09 bits per heavy atom. The van der Waals surface area contributed by atoms with Gasteiger partial charge in [-0.05, 0) is 11.6 Å². The molecule has 0 unspecified atom stereocenters. The number of hydrogen-bond donors (Lipinski definition) is 1. The van der Waals surface area contributed by atoms with Crippen molar-refractivity contribution in [1.82, 2.24) is 5.32 Å². The summed E-state index contributed by atoms with van der Waals surface area (Å²) in [5.41, 5.74) is 1.93. The van der Waals surface area contributed by atoms with Crippen LogP contribution in [0.2, 0.25) is 0 Å². The van der Waals surface area contributed by atoms with Crippen molar-refractivity contribution < 1.29 is 14.2 Å². The molecule has 2 aromatic rings. The molecule has 0 aromatic heterocycles. The van der Waals surface area contributed by atoms with Crippen molar-refractivity contribution >= 4 is 17.2 Å². The minimum absolute atomic E-state index is 0.599. The smallest absolute Gasteiger partial charge is 0.164 e.